The molecule has 0 radical (unpaired) electrons. The number of aryl methyl sites for hydroxylation is 1. The van der Waals surface area contributed by atoms with Gasteiger partial charge in [0.1, 0.15) is 0 Å². The van der Waals surface area contributed by atoms with Crippen LogP contribution in [0.25, 0.3) is 5.57 Å². The monoisotopic (exact) mass is 474 g/mol. The topological polar surface area (TPSA) is 66.5 Å². The van der Waals surface area contributed by atoms with Gasteiger partial charge in [0, 0.05) is 38.0 Å². The number of carbonyl (C=O) groups excluding carboxylic acids is 1. The Bertz CT molecular complexity index is 1310. The Kier molecular flexibility index (Phi) is 7.29. The van der Waals surface area contributed by atoms with Gasteiger partial charge in [0.25, 0.3) is 5.91 Å². The summed E-state index contributed by atoms with van der Waals surface area (Å²) in [6, 6.07) is 23.1. The van der Waals surface area contributed by atoms with E-state index in [0.29, 0.717) is 17.0 Å². The first-order chi connectivity index (χ1) is 16.3. The smallest absolute Gasteiger partial charge is 0.251 e. The summed E-state index contributed by atoms with van der Waals surface area (Å²) < 4.78 is 23.3. The Labute approximate surface area is 202 Å². The number of hydrogen-bond acceptors (Lipinski definition) is 4. The van der Waals surface area contributed by atoms with E-state index in [2.05, 4.69) is 28.4 Å². The Hall–Kier alpha value is -3.22. The van der Waals surface area contributed by atoms with Gasteiger partial charge < -0.3 is 5.32 Å². The second kappa shape index (κ2) is 10.4. The van der Waals surface area contributed by atoms with Gasteiger partial charge in [0.15, 0.2) is 9.84 Å². The quantitative estimate of drug-likeness (QED) is 0.543. The molecule has 3 aromatic rings. The van der Waals surface area contributed by atoms with Gasteiger partial charge >= 0.3 is 0 Å². The average molecular weight is 475 g/mol. The lowest BCUT2D eigenvalue weighted by Crippen LogP contribution is -2.28. The van der Waals surface area contributed by atoms with Crippen LogP contribution >= 0.6 is 0 Å². The highest BCUT2D eigenvalue weighted by atomic mass is 32.2. The predicted octanol–water partition coefficient (Wildman–Crippen LogP) is 4.62. The van der Waals surface area contributed by atoms with Crippen molar-refractivity contribution in [2.45, 2.75) is 31.3 Å². The molecule has 1 amide bonds. The van der Waals surface area contributed by atoms with Crippen molar-refractivity contribution in [2.24, 2.45) is 0 Å². The Morgan fingerprint density at radius 1 is 0.971 bits per heavy atom. The van der Waals surface area contributed by atoms with Crippen molar-refractivity contribution >= 4 is 21.3 Å². The summed E-state index contributed by atoms with van der Waals surface area (Å²) in [7, 11) is -3.17. The van der Waals surface area contributed by atoms with Gasteiger partial charge in [0.2, 0.25) is 0 Å². The molecule has 0 aromatic heterocycles. The van der Waals surface area contributed by atoms with Crippen molar-refractivity contribution in [2.75, 3.05) is 19.3 Å². The first kappa shape index (κ1) is 23.9. The third-order valence-corrected chi connectivity index (χ3v) is 7.21. The molecule has 34 heavy (non-hydrogen) atoms. The first-order valence-electron chi connectivity index (χ1n) is 11.4. The summed E-state index contributed by atoms with van der Waals surface area (Å²) >= 11 is 0. The zero-order valence-electron chi connectivity index (χ0n) is 19.6. The van der Waals surface area contributed by atoms with Crippen LogP contribution in [0.1, 0.15) is 39.0 Å². The molecule has 0 aliphatic carbocycles. The molecular formula is C28H30N2O3S. The lowest BCUT2D eigenvalue weighted by molar-refractivity contribution is 0.0951. The van der Waals surface area contributed by atoms with E-state index in [-0.39, 0.29) is 5.91 Å². The summed E-state index contributed by atoms with van der Waals surface area (Å²) in [5.74, 6) is -0.0637. The Balaban J connectivity index is 1.34. The van der Waals surface area contributed by atoms with E-state index in [4.69, 9.17) is 0 Å². The molecule has 0 saturated carbocycles. The van der Waals surface area contributed by atoms with E-state index in [1.54, 1.807) is 12.1 Å². The highest BCUT2D eigenvalue weighted by Crippen LogP contribution is 2.24. The van der Waals surface area contributed by atoms with Crippen LogP contribution < -0.4 is 5.32 Å². The Morgan fingerprint density at radius 3 is 2.41 bits per heavy atom. The first-order valence-corrected chi connectivity index (χ1v) is 13.3. The van der Waals surface area contributed by atoms with Gasteiger partial charge in [-0.05, 0) is 65.9 Å². The lowest BCUT2D eigenvalue weighted by atomic mass is 9.97. The molecule has 3 aromatic carbocycles. The van der Waals surface area contributed by atoms with Crippen molar-refractivity contribution in [1.82, 2.24) is 10.2 Å². The SMILES string of the molecule is Cc1cccc(C(=O)NCc2cccc(C3=CCN(Cc4ccc(S(C)(=O)=O)cc4)CC3)c2)c1. The van der Waals surface area contributed by atoms with Crippen molar-refractivity contribution in [3.8, 4) is 0 Å². The number of amides is 1. The van der Waals surface area contributed by atoms with E-state index in [9.17, 15) is 13.2 Å². The number of carbonyl (C=O) groups is 1. The largest absolute Gasteiger partial charge is 0.348 e. The zero-order valence-corrected chi connectivity index (χ0v) is 20.4. The maximum Gasteiger partial charge on any atom is 0.251 e. The van der Waals surface area contributed by atoms with Gasteiger partial charge in [-0.15, -0.1) is 0 Å². The molecule has 6 heteroatoms. The fraction of sp³-hybridized carbons (Fsp3) is 0.250. The number of hydrogen-bond donors (Lipinski definition) is 1. The van der Waals surface area contributed by atoms with Crippen molar-refractivity contribution in [3.05, 3.63) is 107 Å². The number of sulfone groups is 1. The molecule has 0 saturated heterocycles. The fourth-order valence-electron chi connectivity index (χ4n) is 4.17. The van der Waals surface area contributed by atoms with Crippen molar-refractivity contribution < 1.29 is 13.2 Å². The second-order valence-corrected chi connectivity index (χ2v) is 10.9. The van der Waals surface area contributed by atoms with E-state index in [0.717, 1.165) is 42.7 Å². The van der Waals surface area contributed by atoms with Gasteiger partial charge in [-0.2, -0.15) is 0 Å². The molecule has 176 valence electrons. The van der Waals surface area contributed by atoms with Crippen LogP contribution in [0.5, 0.6) is 0 Å². The normalized spacial score (nSPS) is 14.5. The minimum absolute atomic E-state index is 0.0637. The molecule has 1 heterocycles. The third-order valence-electron chi connectivity index (χ3n) is 6.08. The molecule has 0 unspecified atom stereocenters. The van der Waals surface area contributed by atoms with Gasteiger partial charge in [-0.1, -0.05) is 54.1 Å². The minimum atomic E-state index is -3.17. The van der Waals surface area contributed by atoms with E-state index < -0.39 is 9.84 Å². The molecule has 0 bridgehead atoms. The predicted molar refractivity (Wildman–Crippen MR) is 136 cm³/mol. The standard InChI is InChI=1S/C28H30N2O3S/c1-21-5-3-8-26(17-21)28(31)29-19-23-6-4-7-25(18-23)24-13-15-30(16-14-24)20-22-9-11-27(12-10-22)34(2,32)33/h3-13,17-18H,14-16,19-20H2,1-2H3,(H,29,31). The van der Waals surface area contributed by atoms with Crippen molar-refractivity contribution in [1.29, 1.82) is 0 Å². The number of nitrogens with zero attached hydrogens (tertiary/aromatic N) is 1. The molecule has 0 fully saturated rings. The highest BCUT2D eigenvalue weighted by Gasteiger charge is 2.15. The number of nitrogens with one attached hydrogen (secondary N) is 1. The lowest BCUT2D eigenvalue weighted by Gasteiger charge is -2.26. The molecule has 4 rings (SSSR count). The maximum atomic E-state index is 12.5. The minimum Gasteiger partial charge on any atom is -0.348 e. The molecular weight excluding hydrogens is 444 g/mol. The highest BCUT2D eigenvalue weighted by molar-refractivity contribution is 7.90. The summed E-state index contributed by atoms with van der Waals surface area (Å²) in [5.41, 5.74) is 6.44. The van der Waals surface area contributed by atoms with E-state index in [1.807, 2.05) is 55.5 Å². The van der Waals surface area contributed by atoms with Crippen LogP contribution in [0.4, 0.5) is 0 Å². The fourth-order valence-corrected chi connectivity index (χ4v) is 4.80. The average Bonchev–Trinajstić information content (AvgIpc) is 2.83. The summed E-state index contributed by atoms with van der Waals surface area (Å²) in [4.78, 5) is 15.2. The zero-order chi connectivity index (χ0) is 24.1. The number of rotatable bonds is 7. The van der Waals surface area contributed by atoms with Gasteiger partial charge in [0.05, 0.1) is 4.90 Å². The molecule has 1 aliphatic rings. The van der Waals surface area contributed by atoms with Crippen LogP contribution in [-0.4, -0.2) is 38.6 Å². The number of benzene rings is 3. The third kappa shape index (κ3) is 6.22. The van der Waals surface area contributed by atoms with Crippen LogP contribution in [0.15, 0.2) is 83.8 Å². The Morgan fingerprint density at radius 2 is 1.74 bits per heavy atom. The summed E-state index contributed by atoms with van der Waals surface area (Å²) in [5, 5.41) is 3.02. The van der Waals surface area contributed by atoms with Crippen molar-refractivity contribution in [3.63, 3.8) is 0 Å². The molecule has 1 N–H and O–H groups in total. The van der Waals surface area contributed by atoms with Crippen LogP contribution in [0.2, 0.25) is 0 Å². The van der Waals surface area contributed by atoms with E-state index >= 15 is 0 Å². The van der Waals surface area contributed by atoms with E-state index in [1.165, 1.54) is 17.4 Å². The van der Waals surface area contributed by atoms with Crippen LogP contribution in [0, 0.1) is 6.92 Å². The summed E-state index contributed by atoms with van der Waals surface area (Å²) in [6.07, 6.45) is 4.44. The maximum absolute atomic E-state index is 12.5. The van der Waals surface area contributed by atoms with Crippen LogP contribution in [-0.2, 0) is 22.9 Å². The molecule has 0 atom stereocenters. The van der Waals surface area contributed by atoms with Crippen LogP contribution in [0.3, 0.4) is 0 Å². The molecule has 1 aliphatic heterocycles. The second-order valence-electron chi connectivity index (χ2n) is 8.88. The molecule has 0 spiro atoms. The van der Waals surface area contributed by atoms with Gasteiger partial charge in [-0.3, -0.25) is 9.69 Å². The molecule has 5 nitrogen and oxygen atoms in total. The van der Waals surface area contributed by atoms with Gasteiger partial charge in [-0.25, -0.2) is 8.42 Å². The summed E-state index contributed by atoms with van der Waals surface area (Å²) in [6.45, 7) is 5.04.